The second-order valence-electron chi connectivity index (χ2n) is 5.67. The second kappa shape index (κ2) is 7.03. The lowest BCUT2D eigenvalue weighted by molar-refractivity contribution is -0.116. The van der Waals surface area contributed by atoms with E-state index >= 15 is 0 Å². The molecule has 0 saturated carbocycles. The van der Waals surface area contributed by atoms with E-state index in [0.717, 1.165) is 38.2 Å². The van der Waals surface area contributed by atoms with Crippen LogP contribution in [-0.2, 0) is 24.3 Å². The Hall–Kier alpha value is -1.72. The highest BCUT2D eigenvalue weighted by molar-refractivity contribution is 7.13. The Morgan fingerprint density at radius 3 is 3.00 bits per heavy atom. The first-order valence-corrected chi connectivity index (χ1v) is 8.66. The number of hydrogen-bond donors (Lipinski definition) is 1. The maximum absolute atomic E-state index is 11.6. The minimum absolute atomic E-state index is 0.0512. The first kappa shape index (κ1) is 15.2. The number of carbonyl (C=O) groups excluding carboxylic acids is 1. The van der Waals surface area contributed by atoms with Crippen LogP contribution in [0.2, 0.25) is 0 Å². The van der Waals surface area contributed by atoms with Crippen molar-refractivity contribution in [1.29, 1.82) is 0 Å². The van der Waals surface area contributed by atoms with E-state index < -0.39 is 0 Å². The number of thiazole rings is 1. The number of benzene rings is 1. The van der Waals surface area contributed by atoms with Gasteiger partial charge in [-0.1, -0.05) is 31.2 Å². The molecule has 1 N–H and O–H groups in total. The molecular weight excluding hydrogens is 294 g/mol. The summed E-state index contributed by atoms with van der Waals surface area (Å²) in [5.41, 5.74) is 3.92. The summed E-state index contributed by atoms with van der Waals surface area (Å²) in [5.74, 6) is 0.0512. The van der Waals surface area contributed by atoms with E-state index in [1.165, 1.54) is 22.5 Å². The molecule has 1 aliphatic rings. The van der Waals surface area contributed by atoms with Gasteiger partial charge in [-0.05, 0) is 24.0 Å². The van der Waals surface area contributed by atoms with E-state index in [2.05, 4.69) is 39.5 Å². The van der Waals surface area contributed by atoms with Crippen LogP contribution in [-0.4, -0.2) is 22.3 Å². The standard InChI is InChI=1S/C17H21N3OS/c1-2-5-16(21)19-17-18-15(12-22-17)11-20-9-8-13-6-3-4-7-14(13)10-20/h3-4,6-7,12H,2,5,8-11H2,1H3,(H,18,19,21). The minimum Gasteiger partial charge on any atom is -0.302 e. The molecule has 116 valence electrons. The van der Waals surface area contributed by atoms with Crippen molar-refractivity contribution >= 4 is 22.4 Å². The number of aromatic nitrogens is 1. The van der Waals surface area contributed by atoms with Gasteiger partial charge in [-0.25, -0.2) is 4.98 Å². The van der Waals surface area contributed by atoms with E-state index in [0.29, 0.717) is 11.6 Å². The van der Waals surface area contributed by atoms with Crippen molar-refractivity contribution in [3.05, 3.63) is 46.5 Å². The Labute approximate surface area is 135 Å². The van der Waals surface area contributed by atoms with Crippen LogP contribution in [0.1, 0.15) is 36.6 Å². The molecule has 1 aromatic heterocycles. The molecule has 1 amide bonds. The maximum Gasteiger partial charge on any atom is 0.226 e. The van der Waals surface area contributed by atoms with Crippen molar-refractivity contribution in [2.45, 2.75) is 39.3 Å². The van der Waals surface area contributed by atoms with Gasteiger partial charge in [0.25, 0.3) is 0 Å². The predicted octanol–water partition coefficient (Wildman–Crippen LogP) is 3.44. The van der Waals surface area contributed by atoms with Crippen LogP contribution >= 0.6 is 11.3 Å². The number of hydrogen-bond acceptors (Lipinski definition) is 4. The van der Waals surface area contributed by atoms with Crippen LogP contribution in [0.4, 0.5) is 5.13 Å². The van der Waals surface area contributed by atoms with Gasteiger partial charge in [-0.15, -0.1) is 11.3 Å². The SMILES string of the molecule is CCCC(=O)Nc1nc(CN2CCc3ccccc3C2)cs1. The average Bonchev–Trinajstić information content (AvgIpc) is 2.94. The van der Waals surface area contributed by atoms with Gasteiger partial charge in [0.1, 0.15) is 0 Å². The molecule has 1 aliphatic heterocycles. The molecule has 0 bridgehead atoms. The molecule has 22 heavy (non-hydrogen) atoms. The highest BCUT2D eigenvalue weighted by Crippen LogP contribution is 2.22. The van der Waals surface area contributed by atoms with Crippen LogP contribution in [0.5, 0.6) is 0 Å². The predicted molar refractivity (Wildman–Crippen MR) is 89.9 cm³/mol. The normalized spacial score (nSPS) is 14.6. The molecule has 0 saturated heterocycles. The lowest BCUT2D eigenvalue weighted by Crippen LogP contribution is -2.30. The zero-order valence-electron chi connectivity index (χ0n) is 12.8. The molecule has 0 fully saturated rings. The fourth-order valence-electron chi connectivity index (χ4n) is 2.76. The van der Waals surface area contributed by atoms with E-state index in [1.54, 1.807) is 0 Å². The van der Waals surface area contributed by atoms with Gasteiger partial charge in [-0.3, -0.25) is 9.69 Å². The van der Waals surface area contributed by atoms with Crippen molar-refractivity contribution in [3.63, 3.8) is 0 Å². The van der Waals surface area contributed by atoms with Gasteiger partial charge < -0.3 is 5.32 Å². The number of fused-ring (bicyclic) bond motifs is 1. The maximum atomic E-state index is 11.6. The fraction of sp³-hybridized carbons (Fsp3) is 0.412. The van der Waals surface area contributed by atoms with Crippen molar-refractivity contribution < 1.29 is 4.79 Å². The van der Waals surface area contributed by atoms with Gasteiger partial charge in [0.2, 0.25) is 5.91 Å². The number of carbonyl (C=O) groups is 1. The van der Waals surface area contributed by atoms with Gasteiger partial charge in [-0.2, -0.15) is 0 Å². The first-order chi connectivity index (χ1) is 10.7. The summed E-state index contributed by atoms with van der Waals surface area (Å²) in [6.45, 7) is 4.88. The second-order valence-corrected chi connectivity index (χ2v) is 6.53. The van der Waals surface area contributed by atoms with E-state index in [9.17, 15) is 4.79 Å². The largest absolute Gasteiger partial charge is 0.302 e. The van der Waals surface area contributed by atoms with E-state index in [1.807, 2.05) is 12.3 Å². The van der Waals surface area contributed by atoms with Gasteiger partial charge in [0.05, 0.1) is 5.69 Å². The number of rotatable bonds is 5. The molecule has 2 aromatic rings. The third-order valence-electron chi connectivity index (χ3n) is 3.87. The summed E-state index contributed by atoms with van der Waals surface area (Å²) in [5, 5.41) is 5.62. The lowest BCUT2D eigenvalue weighted by Gasteiger charge is -2.27. The number of amides is 1. The summed E-state index contributed by atoms with van der Waals surface area (Å²) >= 11 is 1.51. The van der Waals surface area contributed by atoms with Crippen molar-refractivity contribution in [2.24, 2.45) is 0 Å². The monoisotopic (exact) mass is 315 g/mol. The average molecular weight is 315 g/mol. The molecule has 0 spiro atoms. The van der Waals surface area contributed by atoms with Crippen LogP contribution in [0, 0.1) is 0 Å². The molecular formula is C17H21N3OS. The molecule has 4 nitrogen and oxygen atoms in total. The Morgan fingerprint density at radius 2 is 2.18 bits per heavy atom. The van der Waals surface area contributed by atoms with Gasteiger partial charge in [0, 0.05) is 31.4 Å². The fourth-order valence-corrected chi connectivity index (χ4v) is 3.48. The van der Waals surface area contributed by atoms with Crippen LogP contribution in [0.15, 0.2) is 29.6 Å². The Morgan fingerprint density at radius 1 is 1.36 bits per heavy atom. The molecule has 0 atom stereocenters. The summed E-state index contributed by atoms with van der Waals surface area (Å²) in [4.78, 5) is 18.5. The highest BCUT2D eigenvalue weighted by Gasteiger charge is 2.17. The van der Waals surface area contributed by atoms with Crippen molar-refractivity contribution in [1.82, 2.24) is 9.88 Å². The zero-order chi connectivity index (χ0) is 15.4. The summed E-state index contributed by atoms with van der Waals surface area (Å²) in [6, 6.07) is 8.64. The smallest absolute Gasteiger partial charge is 0.226 e. The number of anilines is 1. The number of nitrogens with zero attached hydrogens (tertiary/aromatic N) is 2. The first-order valence-electron chi connectivity index (χ1n) is 7.78. The van der Waals surface area contributed by atoms with Crippen LogP contribution in [0.3, 0.4) is 0 Å². The minimum atomic E-state index is 0.0512. The molecule has 3 rings (SSSR count). The lowest BCUT2D eigenvalue weighted by atomic mass is 10.00. The van der Waals surface area contributed by atoms with Gasteiger partial charge >= 0.3 is 0 Å². The molecule has 5 heteroatoms. The summed E-state index contributed by atoms with van der Waals surface area (Å²) in [6.07, 6.45) is 2.51. The van der Waals surface area contributed by atoms with Crippen molar-refractivity contribution in [2.75, 3.05) is 11.9 Å². The molecule has 0 aliphatic carbocycles. The van der Waals surface area contributed by atoms with E-state index in [-0.39, 0.29) is 5.91 Å². The quantitative estimate of drug-likeness (QED) is 0.919. The van der Waals surface area contributed by atoms with Gasteiger partial charge in [0.15, 0.2) is 5.13 Å². The topological polar surface area (TPSA) is 45.2 Å². The summed E-state index contributed by atoms with van der Waals surface area (Å²) in [7, 11) is 0. The van der Waals surface area contributed by atoms with Crippen LogP contribution < -0.4 is 5.32 Å². The summed E-state index contributed by atoms with van der Waals surface area (Å²) < 4.78 is 0. The Balaban J connectivity index is 1.58. The Bertz CT molecular complexity index is 653. The Kier molecular flexibility index (Phi) is 4.85. The molecule has 1 aromatic carbocycles. The van der Waals surface area contributed by atoms with Crippen molar-refractivity contribution in [3.8, 4) is 0 Å². The van der Waals surface area contributed by atoms with E-state index in [4.69, 9.17) is 0 Å². The van der Waals surface area contributed by atoms with Crippen LogP contribution in [0.25, 0.3) is 0 Å². The molecule has 0 unspecified atom stereocenters. The zero-order valence-corrected chi connectivity index (χ0v) is 13.7. The number of nitrogens with one attached hydrogen (secondary N) is 1. The third kappa shape index (κ3) is 3.72. The molecule has 2 heterocycles. The third-order valence-corrected chi connectivity index (χ3v) is 4.68. The highest BCUT2D eigenvalue weighted by atomic mass is 32.1. The molecule has 0 radical (unpaired) electrons.